The number of ether oxygens (including phenoxy) is 1. The first-order valence-corrected chi connectivity index (χ1v) is 9.64. The largest absolute Gasteiger partial charge is 0.394 e. The van der Waals surface area contributed by atoms with Gasteiger partial charge in [0.2, 0.25) is 0 Å². The fourth-order valence-electron chi connectivity index (χ4n) is 3.77. The molecule has 4 rings (SSSR count). The van der Waals surface area contributed by atoms with Crippen LogP contribution < -0.4 is 5.32 Å². The molecule has 2 aliphatic rings. The molecule has 5 unspecified atom stereocenters. The Morgan fingerprint density at radius 1 is 1.06 bits per heavy atom. The van der Waals surface area contributed by atoms with E-state index in [9.17, 15) is 30.2 Å². The Hall–Kier alpha value is -3.31. The number of nitrogens with one attached hydrogen (secondary N) is 1. The third-order valence-corrected chi connectivity index (χ3v) is 5.39. The summed E-state index contributed by atoms with van der Waals surface area (Å²) >= 11 is 0. The van der Waals surface area contributed by atoms with E-state index in [0.29, 0.717) is 11.3 Å². The van der Waals surface area contributed by atoms with E-state index in [4.69, 9.17) is 4.74 Å². The Morgan fingerprint density at radius 2 is 1.74 bits per heavy atom. The number of carbonyl (C=O) groups is 1. The summed E-state index contributed by atoms with van der Waals surface area (Å²) in [6, 6.07) is 13.8. The van der Waals surface area contributed by atoms with Crippen molar-refractivity contribution in [2.45, 2.75) is 30.6 Å². The van der Waals surface area contributed by atoms with Crippen LogP contribution in [-0.2, 0) is 4.74 Å². The monoisotopic (exact) mass is 427 g/mol. The third kappa shape index (κ3) is 3.89. The van der Waals surface area contributed by atoms with Gasteiger partial charge in [0.15, 0.2) is 6.23 Å². The van der Waals surface area contributed by atoms with Crippen LogP contribution in [0.25, 0.3) is 5.70 Å². The standard InChI is InChI=1S/C21H21N3O7/c25-11-17-18(26)19(27)20(31-17)23-16(13-6-8-14(9-7-13)24(29)30)10-15(22-21(23)28)12-4-2-1-3-5-12/h1-10,15,17-20,25-27H,11H2,(H,22,28). The van der Waals surface area contributed by atoms with Crippen LogP contribution >= 0.6 is 0 Å². The second kappa shape index (κ2) is 8.44. The number of hydrogen-bond donors (Lipinski definition) is 4. The summed E-state index contributed by atoms with van der Waals surface area (Å²) in [6.07, 6.45) is -3.42. The molecule has 4 N–H and O–H groups in total. The number of carbonyl (C=O) groups excluding carboxylic acids is 1. The van der Waals surface area contributed by atoms with Crippen molar-refractivity contribution in [3.8, 4) is 0 Å². The summed E-state index contributed by atoms with van der Waals surface area (Å²) in [4.78, 5) is 24.7. The summed E-state index contributed by atoms with van der Waals surface area (Å²) < 4.78 is 5.57. The average Bonchev–Trinajstić information content (AvgIpc) is 3.07. The van der Waals surface area contributed by atoms with Crippen LogP contribution in [0, 0.1) is 10.1 Å². The quantitative estimate of drug-likeness (QED) is 0.413. The van der Waals surface area contributed by atoms with E-state index in [0.717, 1.165) is 10.5 Å². The minimum absolute atomic E-state index is 0.108. The number of hydrogen-bond acceptors (Lipinski definition) is 7. The zero-order valence-corrected chi connectivity index (χ0v) is 16.2. The molecule has 2 heterocycles. The van der Waals surface area contributed by atoms with Gasteiger partial charge in [-0.25, -0.2) is 4.79 Å². The van der Waals surface area contributed by atoms with E-state index < -0.39 is 48.1 Å². The topological polar surface area (TPSA) is 145 Å². The molecule has 1 saturated heterocycles. The number of aliphatic hydroxyl groups excluding tert-OH is 3. The average molecular weight is 427 g/mol. The number of aliphatic hydroxyl groups is 3. The predicted octanol–water partition coefficient (Wildman–Crippen LogP) is 1.14. The maximum Gasteiger partial charge on any atom is 0.324 e. The summed E-state index contributed by atoms with van der Waals surface area (Å²) in [5.74, 6) is 0. The lowest BCUT2D eigenvalue weighted by Crippen LogP contribution is -2.53. The highest BCUT2D eigenvalue weighted by Gasteiger charge is 2.49. The Morgan fingerprint density at radius 3 is 2.32 bits per heavy atom. The van der Waals surface area contributed by atoms with Gasteiger partial charge in [-0.3, -0.25) is 15.0 Å². The molecule has 0 bridgehead atoms. The smallest absolute Gasteiger partial charge is 0.324 e. The fourth-order valence-corrected chi connectivity index (χ4v) is 3.77. The number of rotatable bonds is 5. The van der Waals surface area contributed by atoms with Gasteiger partial charge >= 0.3 is 6.03 Å². The fraction of sp³-hybridized carbons (Fsp3) is 0.286. The van der Waals surface area contributed by atoms with Crippen molar-refractivity contribution >= 4 is 17.4 Å². The number of nitrogens with zero attached hydrogens (tertiary/aromatic N) is 2. The number of amides is 2. The number of benzene rings is 2. The maximum absolute atomic E-state index is 13.1. The van der Waals surface area contributed by atoms with Gasteiger partial charge in [-0.1, -0.05) is 30.3 Å². The summed E-state index contributed by atoms with van der Waals surface area (Å²) in [6.45, 7) is -0.534. The van der Waals surface area contributed by atoms with Crippen LogP contribution in [0.3, 0.4) is 0 Å². The van der Waals surface area contributed by atoms with Crippen LogP contribution in [0.4, 0.5) is 10.5 Å². The Balaban J connectivity index is 1.77. The summed E-state index contributed by atoms with van der Waals surface area (Å²) in [7, 11) is 0. The first kappa shape index (κ1) is 20.9. The molecule has 5 atom stereocenters. The number of urea groups is 1. The lowest BCUT2D eigenvalue weighted by molar-refractivity contribution is -0.384. The molecular weight excluding hydrogens is 406 g/mol. The molecule has 2 aromatic carbocycles. The summed E-state index contributed by atoms with van der Waals surface area (Å²) in [5, 5.41) is 43.8. The van der Waals surface area contributed by atoms with Crippen molar-refractivity contribution in [2.24, 2.45) is 0 Å². The molecule has 162 valence electrons. The molecular formula is C21H21N3O7. The van der Waals surface area contributed by atoms with E-state index in [1.165, 1.54) is 24.3 Å². The van der Waals surface area contributed by atoms with Gasteiger partial charge in [0.05, 0.1) is 23.3 Å². The molecule has 0 radical (unpaired) electrons. The minimum atomic E-state index is -1.46. The van der Waals surface area contributed by atoms with Gasteiger partial charge in [-0.05, 0) is 29.3 Å². The van der Waals surface area contributed by atoms with Gasteiger partial charge in [0.25, 0.3) is 5.69 Å². The van der Waals surface area contributed by atoms with Crippen LogP contribution in [-0.4, -0.2) is 62.3 Å². The second-order valence-corrected chi connectivity index (χ2v) is 7.29. The molecule has 0 aromatic heterocycles. The lowest BCUT2D eigenvalue weighted by Gasteiger charge is -2.37. The first-order valence-electron chi connectivity index (χ1n) is 9.64. The molecule has 0 aliphatic carbocycles. The summed E-state index contributed by atoms with van der Waals surface area (Å²) in [5.41, 5.74) is 1.54. The molecule has 2 aromatic rings. The minimum Gasteiger partial charge on any atom is -0.394 e. The Bertz CT molecular complexity index is 996. The highest BCUT2D eigenvalue weighted by atomic mass is 16.6. The number of non-ortho nitro benzene ring substituents is 1. The van der Waals surface area contributed by atoms with Crippen LogP contribution in [0.2, 0.25) is 0 Å². The molecule has 10 heteroatoms. The van der Waals surface area contributed by atoms with E-state index in [-0.39, 0.29) is 5.69 Å². The van der Waals surface area contributed by atoms with Crippen LogP contribution in [0.1, 0.15) is 17.2 Å². The lowest BCUT2D eigenvalue weighted by atomic mass is 9.99. The highest BCUT2D eigenvalue weighted by molar-refractivity contribution is 5.89. The van der Waals surface area contributed by atoms with Crippen molar-refractivity contribution in [3.63, 3.8) is 0 Å². The zero-order valence-electron chi connectivity index (χ0n) is 16.2. The highest BCUT2D eigenvalue weighted by Crippen LogP contribution is 2.35. The molecule has 2 amide bonds. The van der Waals surface area contributed by atoms with Crippen molar-refractivity contribution in [1.29, 1.82) is 0 Å². The molecule has 0 spiro atoms. The molecule has 0 saturated carbocycles. The van der Waals surface area contributed by atoms with Crippen molar-refractivity contribution in [1.82, 2.24) is 10.2 Å². The Kier molecular flexibility index (Phi) is 5.70. The molecule has 1 fully saturated rings. The predicted molar refractivity (Wildman–Crippen MR) is 108 cm³/mol. The zero-order chi connectivity index (χ0) is 22.1. The number of nitro groups is 1. The number of nitro benzene ring substituents is 1. The normalized spacial score (nSPS) is 28.2. The van der Waals surface area contributed by atoms with Crippen molar-refractivity contribution < 1.29 is 29.8 Å². The van der Waals surface area contributed by atoms with Gasteiger partial charge in [-0.2, -0.15) is 0 Å². The Labute approximate surface area is 177 Å². The SMILES string of the molecule is O=C1NC(c2ccccc2)C=C(c2ccc([N+](=O)[O-])cc2)N1C1OC(CO)C(O)C1O. The van der Waals surface area contributed by atoms with Crippen LogP contribution in [0.15, 0.2) is 60.7 Å². The van der Waals surface area contributed by atoms with Gasteiger partial charge in [0, 0.05) is 12.1 Å². The van der Waals surface area contributed by atoms with E-state index >= 15 is 0 Å². The third-order valence-electron chi connectivity index (χ3n) is 5.39. The van der Waals surface area contributed by atoms with E-state index in [1.54, 1.807) is 6.08 Å². The van der Waals surface area contributed by atoms with Gasteiger partial charge < -0.3 is 25.4 Å². The van der Waals surface area contributed by atoms with E-state index in [1.807, 2.05) is 30.3 Å². The van der Waals surface area contributed by atoms with E-state index in [2.05, 4.69) is 5.32 Å². The molecule has 2 aliphatic heterocycles. The van der Waals surface area contributed by atoms with Crippen molar-refractivity contribution in [2.75, 3.05) is 6.61 Å². The van der Waals surface area contributed by atoms with Crippen LogP contribution in [0.5, 0.6) is 0 Å². The first-order chi connectivity index (χ1) is 14.9. The maximum atomic E-state index is 13.1. The second-order valence-electron chi connectivity index (χ2n) is 7.29. The van der Waals surface area contributed by atoms with Gasteiger partial charge in [-0.15, -0.1) is 0 Å². The molecule has 10 nitrogen and oxygen atoms in total. The van der Waals surface area contributed by atoms with Gasteiger partial charge in [0.1, 0.15) is 18.3 Å². The molecule has 31 heavy (non-hydrogen) atoms. The van der Waals surface area contributed by atoms with Crippen molar-refractivity contribution in [3.05, 3.63) is 81.9 Å².